The van der Waals surface area contributed by atoms with E-state index in [1.165, 1.54) is 32.1 Å². The Morgan fingerprint density at radius 1 is 1.04 bits per heavy atom. The van der Waals surface area contributed by atoms with Crippen LogP contribution in [0.1, 0.15) is 76.2 Å². The molecule has 1 aromatic carbocycles. The van der Waals surface area contributed by atoms with Crippen LogP contribution in [0.4, 0.5) is 0 Å². The predicted octanol–water partition coefficient (Wildman–Crippen LogP) is 5.06. The number of unbranched alkanes of at least 4 members (excludes halogenated alkanes) is 6. The standard InChI is InChI=1S/C21H27NO3/c1-2-3-4-5-6-7-8-11-15-14-18(23)25-20-16-12-9-10-13-17(16)22-21(24)19(15)20/h9-10,12-13,15H,2-8,11,14H2,1H3,(H,22,24). The molecule has 0 spiro atoms. The second kappa shape index (κ2) is 8.32. The van der Waals surface area contributed by atoms with Gasteiger partial charge in [-0.25, -0.2) is 0 Å². The van der Waals surface area contributed by atoms with Crippen LogP contribution >= 0.6 is 0 Å². The Morgan fingerprint density at radius 3 is 2.56 bits per heavy atom. The third-order valence-electron chi connectivity index (χ3n) is 5.10. The number of hydrogen-bond acceptors (Lipinski definition) is 3. The summed E-state index contributed by atoms with van der Waals surface area (Å²) in [6.07, 6.45) is 9.79. The van der Waals surface area contributed by atoms with Gasteiger partial charge in [0.15, 0.2) is 0 Å². The number of esters is 1. The highest BCUT2D eigenvalue weighted by Crippen LogP contribution is 2.38. The molecule has 1 N–H and O–H groups in total. The Bertz CT molecular complexity index is 793. The first-order valence-electron chi connectivity index (χ1n) is 9.56. The van der Waals surface area contributed by atoms with Gasteiger partial charge in [0, 0.05) is 11.3 Å². The molecule has 134 valence electrons. The zero-order chi connectivity index (χ0) is 17.6. The van der Waals surface area contributed by atoms with Crippen molar-refractivity contribution in [1.82, 2.24) is 4.98 Å². The number of ether oxygens (including phenoxy) is 1. The maximum absolute atomic E-state index is 12.6. The van der Waals surface area contributed by atoms with E-state index in [9.17, 15) is 9.59 Å². The predicted molar refractivity (Wildman–Crippen MR) is 100 cm³/mol. The molecule has 0 bridgehead atoms. The van der Waals surface area contributed by atoms with Gasteiger partial charge in [0.05, 0.1) is 17.5 Å². The van der Waals surface area contributed by atoms with Gasteiger partial charge in [0.25, 0.3) is 5.56 Å². The molecule has 0 aliphatic carbocycles. The normalized spacial score (nSPS) is 16.7. The molecule has 0 fully saturated rings. The first kappa shape index (κ1) is 17.7. The molecule has 1 aromatic heterocycles. The number of aromatic amines is 1. The summed E-state index contributed by atoms with van der Waals surface area (Å²) >= 11 is 0. The van der Waals surface area contributed by atoms with Crippen LogP contribution in [-0.4, -0.2) is 11.0 Å². The fourth-order valence-corrected chi connectivity index (χ4v) is 3.76. The van der Waals surface area contributed by atoms with Gasteiger partial charge >= 0.3 is 5.97 Å². The number of aromatic nitrogens is 1. The summed E-state index contributed by atoms with van der Waals surface area (Å²) in [5.41, 5.74) is 1.26. The summed E-state index contributed by atoms with van der Waals surface area (Å²) in [6.45, 7) is 2.22. The maximum atomic E-state index is 12.6. The average Bonchev–Trinajstić information content (AvgIpc) is 2.60. The number of hydrogen-bond donors (Lipinski definition) is 1. The highest BCUT2D eigenvalue weighted by molar-refractivity contribution is 5.90. The Kier molecular flexibility index (Phi) is 5.90. The van der Waals surface area contributed by atoms with Gasteiger partial charge in [0.1, 0.15) is 5.75 Å². The lowest BCUT2D eigenvalue weighted by atomic mass is 9.88. The van der Waals surface area contributed by atoms with Crippen molar-refractivity contribution in [3.63, 3.8) is 0 Å². The van der Waals surface area contributed by atoms with Crippen LogP contribution in [0.15, 0.2) is 29.1 Å². The van der Waals surface area contributed by atoms with Crippen LogP contribution in [-0.2, 0) is 4.79 Å². The lowest BCUT2D eigenvalue weighted by molar-refractivity contribution is -0.135. The summed E-state index contributed by atoms with van der Waals surface area (Å²) in [6, 6.07) is 7.50. The Hall–Kier alpha value is -2.10. The summed E-state index contributed by atoms with van der Waals surface area (Å²) in [5.74, 6) is 0.222. The van der Waals surface area contributed by atoms with Gasteiger partial charge in [-0.05, 0) is 18.6 Å². The van der Waals surface area contributed by atoms with E-state index in [2.05, 4.69) is 11.9 Å². The van der Waals surface area contributed by atoms with Gasteiger partial charge < -0.3 is 9.72 Å². The van der Waals surface area contributed by atoms with E-state index in [-0.39, 0.29) is 17.4 Å². The molecule has 0 radical (unpaired) electrons. The number of fused-ring (bicyclic) bond motifs is 3. The number of rotatable bonds is 8. The largest absolute Gasteiger partial charge is 0.425 e. The summed E-state index contributed by atoms with van der Waals surface area (Å²) in [7, 11) is 0. The molecule has 2 aromatic rings. The van der Waals surface area contributed by atoms with Gasteiger partial charge in [-0.2, -0.15) is 0 Å². The SMILES string of the molecule is CCCCCCCCCC1CC(=O)Oc2c1c(=O)[nH]c1ccccc21. The average molecular weight is 341 g/mol. The monoisotopic (exact) mass is 341 g/mol. The van der Waals surface area contributed by atoms with Crippen molar-refractivity contribution in [3.05, 3.63) is 40.2 Å². The minimum atomic E-state index is -0.226. The van der Waals surface area contributed by atoms with E-state index in [4.69, 9.17) is 4.74 Å². The molecule has 0 saturated carbocycles. The van der Waals surface area contributed by atoms with E-state index < -0.39 is 0 Å². The van der Waals surface area contributed by atoms with Gasteiger partial charge in [-0.3, -0.25) is 9.59 Å². The molecule has 1 aliphatic rings. The summed E-state index contributed by atoms with van der Waals surface area (Å²) in [4.78, 5) is 27.6. The zero-order valence-electron chi connectivity index (χ0n) is 15.0. The van der Waals surface area contributed by atoms with Crippen molar-refractivity contribution < 1.29 is 9.53 Å². The number of H-pyrrole nitrogens is 1. The Labute approximate surface area is 148 Å². The number of carbonyl (C=O) groups is 1. The molecule has 1 atom stereocenters. The highest BCUT2D eigenvalue weighted by Gasteiger charge is 2.31. The fraction of sp³-hybridized carbons (Fsp3) is 0.524. The molecule has 0 amide bonds. The van der Waals surface area contributed by atoms with Crippen LogP contribution in [0.25, 0.3) is 10.9 Å². The molecule has 0 saturated heterocycles. The molecule has 3 rings (SSSR count). The number of nitrogens with one attached hydrogen (secondary N) is 1. The third-order valence-corrected chi connectivity index (χ3v) is 5.10. The quantitative estimate of drug-likeness (QED) is 0.539. The van der Waals surface area contributed by atoms with Crippen LogP contribution < -0.4 is 10.3 Å². The minimum absolute atomic E-state index is 0.0275. The van der Waals surface area contributed by atoms with Crippen molar-refractivity contribution in [2.75, 3.05) is 0 Å². The van der Waals surface area contributed by atoms with Crippen molar-refractivity contribution in [2.45, 2.75) is 70.6 Å². The summed E-state index contributed by atoms with van der Waals surface area (Å²) < 4.78 is 5.47. The first-order chi connectivity index (χ1) is 12.2. The van der Waals surface area contributed by atoms with Crippen molar-refractivity contribution >= 4 is 16.9 Å². The molecular formula is C21H27NO3. The van der Waals surface area contributed by atoms with Gasteiger partial charge in [-0.1, -0.05) is 64.0 Å². The molecule has 4 heteroatoms. The first-order valence-corrected chi connectivity index (χ1v) is 9.56. The Morgan fingerprint density at radius 2 is 1.76 bits per heavy atom. The van der Waals surface area contributed by atoms with E-state index in [0.717, 1.165) is 30.2 Å². The van der Waals surface area contributed by atoms with Crippen molar-refractivity contribution in [2.24, 2.45) is 0 Å². The van der Waals surface area contributed by atoms with Crippen LogP contribution in [0.3, 0.4) is 0 Å². The van der Waals surface area contributed by atoms with E-state index in [0.29, 0.717) is 17.7 Å². The van der Waals surface area contributed by atoms with Crippen LogP contribution in [0.2, 0.25) is 0 Å². The second-order valence-corrected chi connectivity index (χ2v) is 7.03. The molecule has 4 nitrogen and oxygen atoms in total. The third kappa shape index (κ3) is 4.12. The zero-order valence-corrected chi connectivity index (χ0v) is 15.0. The Balaban J connectivity index is 1.72. The maximum Gasteiger partial charge on any atom is 0.311 e. The highest BCUT2D eigenvalue weighted by atomic mass is 16.5. The fourth-order valence-electron chi connectivity index (χ4n) is 3.76. The molecule has 25 heavy (non-hydrogen) atoms. The molecule has 2 heterocycles. The topological polar surface area (TPSA) is 59.2 Å². The second-order valence-electron chi connectivity index (χ2n) is 7.03. The minimum Gasteiger partial charge on any atom is -0.425 e. The lowest BCUT2D eigenvalue weighted by Gasteiger charge is -2.24. The molecule has 1 aliphatic heterocycles. The number of benzene rings is 1. The van der Waals surface area contributed by atoms with E-state index in [1.807, 2.05) is 24.3 Å². The van der Waals surface area contributed by atoms with Crippen molar-refractivity contribution in [1.29, 1.82) is 0 Å². The van der Waals surface area contributed by atoms with Gasteiger partial charge in [-0.15, -0.1) is 0 Å². The summed E-state index contributed by atoms with van der Waals surface area (Å²) in [5, 5.41) is 0.815. The number of pyridine rings is 1. The number of para-hydroxylation sites is 1. The van der Waals surface area contributed by atoms with E-state index >= 15 is 0 Å². The smallest absolute Gasteiger partial charge is 0.311 e. The van der Waals surface area contributed by atoms with Crippen LogP contribution in [0, 0.1) is 0 Å². The van der Waals surface area contributed by atoms with Crippen molar-refractivity contribution in [3.8, 4) is 5.75 Å². The van der Waals surface area contributed by atoms with E-state index in [1.54, 1.807) is 0 Å². The molecular weight excluding hydrogens is 314 g/mol. The number of carbonyl (C=O) groups excluding carboxylic acids is 1. The lowest BCUT2D eigenvalue weighted by Crippen LogP contribution is -2.27. The van der Waals surface area contributed by atoms with Gasteiger partial charge in [0.2, 0.25) is 0 Å². The molecule has 1 unspecified atom stereocenters. The van der Waals surface area contributed by atoms with Crippen LogP contribution in [0.5, 0.6) is 5.75 Å².